The molecule has 0 aromatic carbocycles. The second kappa shape index (κ2) is 4.28. The lowest BCUT2D eigenvalue weighted by molar-refractivity contribution is -0.140. The number of carbonyl (C=O) groups excluding carboxylic acids is 1. The molecule has 0 spiro atoms. The van der Waals surface area contributed by atoms with Gasteiger partial charge in [-0.05, 0) is 0 Å². The van der Waals surface area contributed by atoms with E-state index in [0.717, 1.165) is 7.11 Å². The number of hydrogen-bond donors (Lipinski definition) is 0. The summed E-state index contributed by atoms with van der Waals surface area (Å²) >= 11 is 0. The van der Waals surface area contributed by atoms with Gasteiger partial charge in [0, 0.05) is 0 Å². The molecule has 1 aromatic heterocycles. The normalized spacial score (nSPS) is 11.5. The quantitative estimate of drug-likeness (QED) is 0.713. The van der Waals surface area contributed by atoms with E-state index in [-0.39, 0.29) is 12.3 Å². The van der Waals surface area contributed by atoms with Crippen molar-refractivity contribution in [3.63, 3.8) is 0 Å². The molecule has 0 aliphatic carbocycles. The molecule has 1 rings (SSSR count). The minimum absolute atomic E-state index is 0.193. The molecule has 5 nitrogen and oxygen atoms in total. The van der Waals surface area contributed by atoms with Crippen LogP contribution in [0.3, 0.4) is 0 Å². The number of ether oxygens (including phenoxy) is 1. The second-order valence-corrected chi connectivity index (χ2v) is 2.65. The summed E-state index contributed by atoms with van der Waals surface area (Å²) in [6.07, 6.45) is -6.01. The van der Waals surface area contributed by atoms with Crippen molar-refractivity contribution < 1.29 is 27.2 Å². The van der Waals surface area contributed by atoms with E-state index in [0.29, 0.717) is 0 Å². The van der Waals surface area contributed by atoms with Crippen molar-refractivity contribution in [2.45, 2.75) is 19.0 Å². The van der Waals surface area contributed by atoms with E-state index in [2.05, 4.69) is 19.4 Å². The van der Waals surface area contributed by atoms with E-state index < -0.39 is 24.4 Å². The van der Waals surface area contributed by atoms with Crippen LogP contribution in [0.2, 0.25) is 0 Å². The van der Waals surface area contributed by atoms with Gasteiger partial charge in [-0.1, -0.05) is 5.16 Å². The summed E-state index contributed by atoms with van der Waals surface area (Å²) in [5.74, 6) is -1.35. The van der Waals surface area contributed by atoms with Gasteiger partial charge in [0.15, 0.2) is 5.82 Å². The molecule has 0 saturated carbocycles. The topological polar surface area (TPSA) is 65.2 Å². The number of hydrogen-bond acceptors (Lipinski definition) is 5. The third kappa shape index (κ3) is 3.96. The molecular formula is C7H7F3N2O3. The number of halogens is 3. The number of nitrogens with zero attached hydrogens (tertiary/aromatic N) is 2. The Morgan fingerprint density at radius 2 is 2.20 bits per heavy atom. The summed E-state index contributed by atoms with van der Waals surface area (Å²) < 4.78 is 44.3. The molecule has 1 aromatic rings. The predicted octanol–water partition coefficient (Wildman–Crippen LogP) is 0.890. The molecular weight excluding hydrogens is 217 g/mol. The Bertz CT molecular complexity index is 347. The Kier molecular flexibility index (Phi) is 3.28. The van der Waals surface area contributed by atoms with Crippen molar-refractivity contribution in [3.05, 3.63) is 11.7 Å². The minimum atomic E-state index is -4.40. The maximum Gasteiger partial charge on any atom is 0.396 e. The highest BCUT2D eigenvalue weighted by atomic mass is 19.4. The lowest BCUT2D eigenvalue weighted by atomic mass is 10.4. The number of alkyl halides is 3. The Morgan fingerprint density at radius 1 is 1.53 bits per heavy atom. The smallest absolute Gasteiger partial charge is 0.396 e. The van der Waals surface area contributed by atoms with E-state index in [1.165, 1.54) is 0 Å². The highest BCUT2D eigenvalue weighted by Crippen LogP contribution is 2.19. The van der Waals surface area contributed by atoms with E-state index in [4.69, 9.17) is 0 Å². The zero-order valence-corrected chi connectivity index (χ0v) is 7.67. The van der Waals surface area contributed by atoms with Crippen molar-refractivity contribution in [3.8, 4) is 0 Å². The monoisotopic (exact) mass is 224 g/mol. The Hall–Kier alpha value is -1.60. The summed E-state index contributed by atoms with van der Waals surface area (Å²) in [5.41, 5.74) is 0. The maximum atomic E-state index is 11.9. The number of rotatable bonds is 3. The first-order valence-corrected chi connectivity index (χ1v) is 3.86. The molecule has 0 fully saturated rings. The van der Waals surface area contributed by atoms with Crippen LogP contribution in [0.25, 0.3) is 0 Å². The zero-order chi connectivity index (χ0) is 11.5. The molecule has 0 unspecified atom stereocenters. The standard InChI is InChI=1S/C7H7F3N2O3/c1-14-6(13)2-5-11-4(12-15-5)3-7(8,9)10/h2-3H2,1H3. The Balaban J connectivity index is 2.60. The highest BCUT2D eigenvalue weighted by molar-refractivity contribution is 5.70. The summed E-state index contributed by atoms with van der Waals surface area (Å²) in [6.45, 7) is 0. The molecule has 0 radical (unpaired) electrons. The number of methoxy groups -OCH3 is 1. The van der Waals surface area contributed by atoms with Crippen LogP contribution < -0.4 is 0 Å². The highest BCUT2D eigenvalue weighted by Gasteiger charge is 2.30. The lowest BCUT2D eigenvalue weighted by Crippen LogP contribution is -2.12. The fourth-order valence-electron chi connectivity index (χ4n) is 0.809. The van der Waals surface area contributed by atoms with Gasteiger partial charge in [-0.3, -0.25) is 4.79 Å². The molecule has 15 heavy (non-hydrogen) atoms. The third-order valence-electron chi connectivity index (χ3n) is 1.39. The van der Waals surface area contributed by atoms with Gasteiger partial charge in [0.25, 0.3) is 0 Å². The van der Waals surface area contributed by atoms with Gasteiger partial charge in [0.1, 0.15) is 12.8 Å². The SMILES string of the molecule is COC(=O)Cc1nc(CC(F)(F)F)no1. The zero-order valence-electron chi connectivity index (χ0n) is 7.67. The van der Waals surface area contributed by atoms with E-state index in [1.54, 1.807) is 0 Å². The molecule has 1 heterocycles. The van der Waals surface area contributed by atoms with Gasteiger partial charge in [0.05, 0.1) is 7.11 Å². The van der Waals surface area contributed by atoms with Crippen LogP contribution in [0, 0.1) is 0 Å². The lowest BCUT2D eigenvalue weighted by Gasteiger charge is -1.99. The largest absolute Gasteiger partial charge is 0.469 e. The van der Waals surface area contributed by atoms with E-state index in [9.17, 15) is 18.0 Å². The number of carbonyl (C=O) groups is 1. The van der Waals surface area contributed by atoms with Gasteiger partial charge < -0.3 is 9.26 Å². The first kappa shape index (κ1) is 11.5. The van der Waals surface area contributed by atoms with Crippen LogP contribution in [-0.4, -0.2) is 29.4 Å². The molecule has 0 amide bonds. The minimum Gasteiger partial charge on any atom is -0.469 e. The molecule has 0 atom stereocenters. The molecule has 8 heteroatoms. The Morgan fingerprint density at radius 3 is 2.73 bits per heavy atom. The Labute approximate surface area is 82.2 Å². The summed E-state index contributed by atoms with van der Waals surface area (Å²) in [4.78, 5) is 14.1. The first-order chi connectivity index (χ1) is 6.90. The fourth-order valence-corrected chi connectivity index (χ4v) is 0.809. The van der Waals surface area contributed by atoms with Crippen molar-refractivity contribution >= 4 is 5.97 Å². The molecule has 84 valence electrons. The van der Waals surface area contributed by atoms with E-state index >= 15 is 0 Å². The average Bonchev–Trinajstić information content (AvgIpc) is 2.49. The summed E-state index contributed by atoms with van der Waals surface area (Å²) in [7, 11) is 1.15. The van der Waals surface area contributed by atoms with Gasteiger partial charge in [0.2, 0.25) is 5.89 Å². The van der Waals surface area contributed by atoms with Gasteiger partial charge >= 0.3 is 12.1 Å². The van der Waals surface area contributed by atoms with Crippen molar-refractivity contribution in [2.24, 2.45) is 0 Å². The summed E-state index contributed by atoms with van der Waals surface area (Å²) in [5, 5.41) is 3.08. The summed E-state index contributed by atoms with van der Waals surface area (Å²) in [6, 6.07) is 0. The van der Waals surface area contributed by atoms with Crippen LogP contribution >= 0.6 is 0 Å². The van der Waals surface area contributed by atoms with Crippen LogP contribution in [-0.2, 0) is 22.4 Å². The van der Waals surface area contributed by atoms with E-state index in [1.807, 2.05) is 0 Å². The average molecular weight is 224 g/mol. The number of aromatic nitrogens is 2. The van der Waals surface area contributed by atoms with Gasteiger partial charge in [-0.2, -0.15) is 18.2 Å². The van der Waals surface area contributed by atoms with Gasteiger partial charge in [-0.25, -0.2) is 0 Å². The second-order valence-electron chi connectivity index (χ2n) is 2.65. The molecule has 0 bridgehead atoms. The van der Waals surface area contributed by atoms with Gasteiger partial charge in [-0.15, -0.1) is 0 Å². The van der Waals surface area contributed by atoms with Crippen molar-refractivity contribution in [2.75, 3.05) is 7.11 Å². The third-order valence-corrected chi connectivity index (χ3v) is 1.39. The van der Waals surface area contributed by atoms with Crippen LogP contribution in [0.1, 0.15) is 11.7 Å². The van der Waals surface area contributed by atoms with Crippen molar-refractivity contribution in [1.82, 2.24) is 10.1 Å². The predicted molar refractivity (Wildman–Crippen MR) is 39.8 cm³/mol. The first-order valence-electron chi connectivity index (χ1n) is 3.86. The van der Waals surface area contributed by atoms with Crippen LogP contribution in [0.5, 0.6) is 0 Å². The maximum absolute atomic E-state index is 11.9. The number of esters is 1. The molecule has 0 aliphatic rings. The fraction of sp³-hybridized carbons (Fsp3) is 0.571. The molecule has 0 aliphatic heterocycles. The molecule has 0 saturated heterocycles. The van der Waals surface area contributed by atoms with Crippen LogP contribution in [0.15, 0.2) is 4.52 Å². The van der Waals surface area contributed by atoms with Crippen LogP contribution in [0.4, 0.5) is 13.2 Å². The molecule has 0 N–H and O–H groups in total. The van der Waals surface area contributed by atoms with Crippen molar-refractivity contribution in [1.29, 1.82) is 0 Å².